The number of nitrogens with one attached hydrogen (secondary N) is 3. The molecule has 1 heterocycles. The Hall–Kier alpha value is -3.97. The zero-order chi connectivity index (χ0) is 29.4. The molecule has 2 amide bonds. The number of hydrogen-bond donors (Lipinski definition) is 3. The van der Waals surface area contributed by atoms with Crippen molar-refractivity contribution in [3.05, 3.63) is 54.0 Å². The number of aromatic nitrogens is 2. The van der Waals surface area contributed by atoms with Crippen LogP contribution in [0.1, 0.15) is 44.6 Å². The maximum Gasteiger partial charge on any atom is 0.246 e. The van der Waals surface area contributed by atoms with Crippen molar-refractivity contribution in [1.29, 1.82) is 0 Å². The largest absolute Gasteiger partial charge is 0.369 e. The van der Waals surface area contributed by atoms with Crippen molar-refractivity contribution in [2.24, 2.45) is 11.3 Å². The third-order valence-corrected chi connectivity index (χ3v) is 7.48. The van der Waals surface area contributed by atoms with Gasteiger partial charge in [-0.15, -0.1) is 0 Å². The third kappa shape index (κ3) is 8.51. The molecule has 1 unspecified atom stereocenters. The number of nitrogens with zero attached hydrogens (tertiary/aromatic N) is 4. The van der Waals surface area contributed by atoms with Crippen LogP contribution >= 0.6 is 0 Å². The summed E-state index contributed by atoms with van der Waals surface area (Å²) in [5.74, 6) is 7.30. The smallest absolute Gasteiger partial charge is 0.246 e. The predicted molar refractivity (Wildman–Crippen MR) is 159 cm³/mol. The molecule has 1 aromatic carbocycles. The topological polar surface area (TPSA) is 102 Å². The van der Waals surface area contributed by atoms with Crippen LogP contribution < -0.4 is 16.0 Å². The number of rotatable bonds is 11. The highest BCUT2D eigenvalue weighted by molar-refractivity contribution is 5.91. The summed E-state index contributed by atoms with van der Waals surface area (Å²) in [6, 6.07) is 6.29. The fraction of sp³-hybridized carbons (Fsp3) is 0.484. The van der Waals surface area contributed by atoms with Gasteiger partial charge < -0.3 is 25.8 Å². The van der Waals surface area contributed by atoms with Crippen LogP contribution in [-0.2, 0) is 9.59 Å². The van der Waals surface area contributed by atoms with Crippen molar-refractivity contribution in [1.82, 2.24) is 25.1 Å². The van der Waals surface area contributed by atoms with Gasteiger partial charge in [0.15, 0.2) is 0 Å². The lowest BCUT2D eigenvalue weighted by atomic mass is 10.0. The molecule has 2 aromatic rings. The van der Waals surface area contributed by atoms with E-state index in [1.807, 2.05) is 19.0 Å². The van der Waals surface area contributed by atoms with Crippen LogP contribution in [0, 0.1) is 29.0 Å². The molecule has 10 heteroatoms. The molecule has 0 aliphatic heterocycles. The van der Waals surface area contributed by atoms with Crippen molar-refractivity contribution in [3.63, 3.8) is 0 Å². The number of anilines is 3. The average Bonchev–Trinajstić information content (AvgIpc) is 3.40. The van der Waals surface area contributed by atoms with E-state index >= 15 is 0 Å². The molecule has 0 saturated heterocycles. The molecule has 2 aliphatic carbocycles. The van der Waals surface area contributed by atoms with E-state index in [0.29, 0.717) is 24.0 Å². The van der Waals surface area contributed by atoms with Gasteiger partial charge in [0.25, 0.3) is 0 Å². The van der Waals surface area contributed by atoms with Crippen LogP contribution in [0.15, 0.2) is 42.6 Å². The Labute approximate surface area is 242 Å². The Morgan fingerprint density at radius 2 is 2.07 bits per heavy atom. The second kappa shape index (κ2) is 13.6. The van der Waals surface area contributed by atoms with E-state index in [-0.39, 0.29) is 41.6 Å². The minimum Gasteiger partial charge on any atom is -0.369 e. The van der Waals surface area contributed by atoms with E-state index in [1.165, 1.54) is 23.1 Å². The second-order valence-electron chi connectivity index (χ2n) is 11.3. The Bertz CT molecular complexity index is 1340. The summed E-state index contributed by atoms with van der Waals surface area (Å²) >= 11 is 0. The van der Waals surface area contributed by atoms with Crippen LogP contribution in [0.4, 0.5) is 21.8 Å². The molecule has 1 aromatic heterocycles. The molecule has 3 N–H and O–H groups in total. The normalized spacial score (nSPS) is 21.0. The van der Waals surface area contributed by atoms with Crippen LogP contribution in [0.25, 0.3) is 0 Å². The number of benzene rings is 1. The fourth-order valence-electron chi connectivity index (χ4n) is 5.15. The summed E-state index contributed by atoms with van der Waals surface area (Å²) in [5, 5.41) is 9.50. The molecular formula is C31H40FN7O2. The molecule has 0 bridgehead atoms. The lowest BCUT2D eigenvalue weighted by molar-refractivity contribution is -0.131. The maximum atomic E-state index is 13.6. The van der Waals surface area contributed by atoms with Gasteiger partial charge in [-0.05, 0) is 69.8 Å². The SMILES string of the molecule is CCCNc1nc(Nc2cccc(F)c2)ncc1C#C[C@@H]1CC[C@]2(CC2NC(=O)CN(C)C(=O)/C=C/CN(C)C)C1. The summed E-state index contributed by atoms with van der Waals surface area (Å²) in [6.07, 6.45) is 9.81. The molecule has 218 valence electrons. The number of hydrogen-bond acceptors (Lipinski definition) is 7. The molecule has 41 heavy (non-hydrogen) atoms. The first-order valence-electron chi connectivity index (χ1n) is 14.2. The monoisotopic (exact) mass is 561 g/mol. The Morgan fingerprint density at radius 1 is 1.24 bits per heavy atom. The van der Waals surface area contributed by atoms with Gasteiger partial charge in [0.1, 0.15) is 11.6 Å². The van der Waals surface area contributed by atoms with Gasteiger partial charge in [0.05, 0.1) is 18.3 Å². The molecule has 1 spiro atoms. The van der Waals surface area contributed by atoms with Crippen molar-refractivity contribution in [3.8, 4) is 11.8 Å². The third-order valence-electron chi connectivity index (χ3n) is 7.48. The lowest BCUT2D eigenvalue weighted by Gasteiger charge is -2.16. The quantitative estimate of drug-likeness (QED) is 0.283. The summed E-state index contributed by atoms with van der Waals surface area (Å²) < 4.78 is 13.6. The van der Waals surface area contributed by atoms with Crippen LogP contribution in [0.2, 0.25) is 0 Å². The molecule has 2 saturated carbocycles. The minimum absolute atomic E-state index is 0.0402. The number of likely N-dealkylation sites (N-methyl/N-ethyl adjacent to an activating group) is 2. The van der Waals surface area contributed by atoms with Gasteiger partial charge in [-0.25, -0.2) is 9.37 Å². The average molecular weight is 562 g/mol. The van der Waals surface area contributed by atoms with Crippen molar-refractivity contribution >= 4 is 29.3 Å². The van der Waals surface area contributed by atoms with E-state index in [4.69, 9.17) is 0 Å². The second-order valence-corrected chi connectivity index (χ2v) is 11.3. The first-order chi connectivity index (χ1) is 19.7. The maximum absolute atomic E-state index is 13.6. The molecule has 2 fully saturated rings. The van der Waals surface area contributed by atoms with Crippen molar-refractivity contribution in [2.45, 2.75) is 45.1 Å². The van der Waals surface area contributed by atoms with Gasteiger partial charge in [-0.2, -0.15) is 4.98 Å². The van der Waals surface area contributed by atoms with Gasteiger partial charge >= 0.3 is 0 Å². The van der Waals surface area contributed by atoms with Gasteiger partial charge in [0, 0.05) is 43.9 Å². The Balaban J connectivity index is 1.31. The highest BCUT2D eigenvalue weighted by Gasteiger charge is 2.57. The first-order valence-corrected chi connectivity index (χ1v) is 14.2. The number of amides is 2. The Kier molecular flexibility index (Phi) is 9.95. The summed E-state index contributed by atoms with van der Waals surface area (Å²) in [6.45, 7) is 3.53. The molecule has 2 aliphatic rings. The summed E-state index contributed by atoms with van der Waals surface area (Å²) in [5.41, 5.74) is 1.39. The molecule has 0 radical (unpaired) electrons. The van der Waals surface area contributed by atoms with Gasteiger partial charge in [-0.3, -0.25) is 9.59 Å². The molecule has 9 nitrogen and oxygen atoms in total. The summed E-state index contributed by atoms with van der Waals surface area (Å²) in [4.78, 5) is 37.2. The number of halogens is 1. The predicted octanol–water partition coefficient (Wildman–Crippen LogP) is 3.78. The zero-order valence-electron chi connectivity index (χ0n) is 24.3. The van der Waals surface area contributed by atoms with E-state index in [2.05, 4.69) is 44.7 Å². The van der Waals surface area contributed by atoms with Crippen LogP contribution in [0.3, 0.4) is 0 Å². The van der Waals surface area contributed by atoms with Crippen LogP contribution in [0.5, 0.6) is 0 Å². The van der Waals surface area contributed by atoms with Gasteiger partial charge in [-0.1, -0.05) is 30.9 Å². The highest BCUT2D eigenvalue weighted by Crippen LogP contribution is 2.59. The first kappa shape index (κ1) is 30.0. The number of carbonyl (C=O) groups is 2. The fourth-order valence-corrected chi connectivity index (χ4v) is 5.15. The van der Waals surface area contributed by atoms with E-state index in [1.54, 1.807) is 31.5 Å². The molecule has 3 atom stereocenters. The summed E-state index contributed by atoms with van der Waals surface area (Å²) in [7, 11) is 5.50. The van der Waals surface area contributed by atoms with E-state index in [0.717, 1.165) is 44.2 Å². The Morgan fingerprint density at radius 3 is 2.83 bits per heavy atom. The van der Waals surface area contributed by atoms with Crippen molar-refractivity contribution < 1.29 is 14.0 Å². The number of carbonyl (C=O) groups excluding carboxylic acids is 2. The van der Waals surface area contributed by atoms with E-state index < -0.39 is 0 Å². The van der Waals surface area contributed by atoms with Crippen LogP contribution in [-0.4, -0.2) is 78.4 Å². The zero-order valence-corrected chi connectivity index (χ0v) is 24.3. The standard InChI is InChI=1S/C31H40FN7O2/c1-5-15-33-29-23(20-34-30(37-29)35-25-9-6-8-24(32)17-25)12-11-22-13-14-31(18-22)19-26(31)36-27(40)21-39(4)28(41)10-7-16-38(2)3/h6-10,17,20,22,26H,5,13-16,18-19,21H2,1-4H3,(H,36,40)(H2,33,34,35,37)/b10-7+/t22-,26?,31-/m1/s1. The van der Waals surface area contributed by atoms with E-state index in [9.17, 15) is 14.0 Å². The van der Waals surface area contributed by atoms with Crippen molar-refractivity contribution in [2.75, 3.05) is 51.4 Å². The molecule has 4 rings (SSSR count). The highest BCUT2D eigenvalue weighted by atomic mass is 19.1. The van der Waals surface area contributed by atoms with Gasteiger partial charge in [0.2, 0.25) is 17.8 Å². The minimum atomic E-state index is -0.334. The molecular weight excluding hydrogens is 521 g/mol. The lowest BCUT2D eigenvalue weighted by Crippen LogP contribution is -2.39.